The Morgan fingerprint density at radius 1 is 0.667 bits per heavy atom. The number of methoxy groups -OCH3 is 4. The molecule has 4 aliphatic heterocycles. The van der Waals surface area contributed by atoms with Crippen molar-refractivity contribution in [2.24, 2.45) is 16.7 Å². The third-order valence-electron chi connectivity index (χ3n) is 21.2. The van der Waals surface area contributed by atoms with Crippen molar-refractivity contribution in [1.82, 2.24) is 4.98 Å². The van der Waals surface area contributed by atoms with Crippen LogP contribution in [0, 0.1) is 16.7 Å². The fraction of sp³-hybridized carbons (Fsp3) is 0.734. The number of fused-ring (bicyclic) bond motifs is 5. The SMILES string of the molecule is COC1CC(OC2CCC3(C)C4CC(OC(=O)C=Cc5ccccc5)C5(C)C(O)(C(C)OC(=O)c6cccnc6)CCC5(O)C4(O)C=CC3(O)C2)OC(C)C1OC1CC(OC)C(OC2CC(OC)C(OC3OC(C)C(O)C(OC)C3O)C(C)O2)C(C)O1. The first-order valence-electron chi connectivity index (χ1n) is 30.7. The maximum atomic E-state index is 14.0. The molecule has 3 saturated carbocycles. The van der Waals surface area contributed by atoms with E-state index in [0.29, 0.717) is 19.3 Å². The van der Waals surface area contributed by atoms with Gasteiger partial charge in [-0.15, -0.1) is 0 Å². The number of esters is 2. The molecule has 4 aliphatic carbocycles. The summed E-state index contributed by atoms with van der Waals surface area (Å²) in [7, 11) is 6.16. The van der Waals surface area contributed by atoms with Crippen molar-refractivity contribution in [3.63, 3.8) is 0 Å². The first-order chi connectivity index (χ1) is 41.3. The number of aliphatic hydroxyl groups excluding tert-OH is 2. The van der Waals surface area contributed by atoms with Gasteiger partial charge in [0.15, 0.2) is 25.2 Å². The van der Waals surface area contributed by atoms with Crippen molar-refractivity contribution in [2.45, 2.75) is 251 Å². The zero-order chi connectivity index (χ0) is 62.6. The number of ether oxygens (including phenoxy) is 14. The monoisotopic (exact) mass is 1230 g/mol. The Labute approximate surface area is 508 Å². The fourth-order valence-corrected chi connectivity index (χ4v) is 16.0. The number of benzene rings is 1. The Balaban J connectivity index is 0.787. The summed E-state index contributed by atoms with van der Waals surface area (Å²) in [6, 6.07) is 12.3. The van der Waals surface area contributed by atoms with Crippen LogP contribution in [-0.2, 0) is 71.1 Å². The van der Waals surface area contributed by atoms with Gasteiger partial charge in [-0.2, -0.15) is 0 Å². The third kappa shape index (κ3) is 11.9. The highest BCUT2D eigenvalue weighted by Crippen LogP contribution is 2.72. The second kappa shape index (κ2) is 26.0. The highest BCUT2D eigenvalue weighted by Gasteiger charge is 2.82. The third-order valence-corrected chi connectivity index (χ3v) is 21.2. The Bertz CT molecular complexity index is 2730. The molecule has 1 aromatic heterocycles. The standard InChI is InChI=1S/C64H91NO22/c1-34-51(67)56(77-11)52(68)58(81-34)87-55-37(4)80-50(30-44(55)76-10)86-54-36(3)79-49(29-43(54)75-9)85-53-35(2)78-48(28-42(53)74-8)83-41-21-22-59(6)45-31-46(84-47(66)20-19-39-16-13-12-14-17-39)60(7)62(71,38(5)82-57(69)40-18-15-27-65-33-40)25-26-64(60,73)63(45,72)24-23-61(59,70)32-41/h12-20,23-24,27,33-38,41-46,48-56,58,67-68,70-73H,21-22,25-26,28-32H2,1-11H3. The molecule has 0 spiro atoms. The summed E-state index contributed by atoms with van der Waals surface area (Å²) in [5.74, 6) is -2.44. The molecule has 23 nitrogen and oxygen atoms in total. The molecule has 5 heterocycles. The van der Waals surface area contributed by atoms with E-state index in [1.165, 1.54) is 44.6 Å². The predicted octanol–water partition coefficient (Wildman–Crippen LogP) is 4.23. The number of rotatable bonds is 18. The molecular weight excluding hydrogens is 1130 g/mol. The van der Waals surface area contributed by atoms with Gasteiger partial charge in [-0.25, -0.2) is 9.59 Å². The average Bonchev–Trinajstić information content (AvgIpc) is 1.61. The molecule has 23 heteroatoms. The number of carbonyl (C=O) groups is 2. The minimum atomic E-state index is -2.19. The minimum Gasteiger partial charge on any atom is -0.458 e. The van der Waals surface area contributed by atoms with E-state index in [-0.39, 0.29) is 44.1 Å². The van der Waals surface area contributed by atoms with E-state index in [2.05, 4.69) is 4.98 Å². The molecule has 8 aliphatic rings. The summed E-state index contributed by atoms with van der Waals surface area (Å²) in [4.78, 5) is 31.5. The fourth-order valence-electron chi connectivity index (χ4n) is 16.0. The van der Waals surface area contributed by atoms with E-state index in [0.717, 1.165) is 5.56 Å². The van der Waals surface area contributed by atoms with Crippen molar-refractivity contribution in [3.8, 4) is 0 Å². The van der Waals surface area contributed by atoms with Gasteiger partial charge in [-0.3, -0.25) is 4.98 Å². The maximum absolute atomic E-state index is 14.0. The van der Waals surface area contributed by atoms with Crippen LogP contribution in [0.15, 0.2) is 73.1 Å². The van der Waals surface area contributed by atoms with Crippen LogP contribution in [0.1, 0.15) is 122 Å². The molecule has 484 valence electrons. The summed E-state index contributed by atoms with van der Waals surface area (Å²) < 4.78 is 87.1. The van der Waals surface area contributed by atoms with Crippen LogP contribution >= 0.6 is 0 Å². The number of nitrogens with zero attached hydrogens (tertiary/aromatic N) is 1. The van der Waals surface area contributed by atoms with E-state index in [1.807, 2.05) is 58.0 Å². The number of carbonyl (C=O) groups excluding carboxylic acids is 2. The molecule has 2 aromatic rings. The van der Waals surface area contributed by atoms with Gasteiger partial charge in [0, 0.05) is 83.9 Å². The molecule has 1 aromatic carbocycles. The van der Waals surface area contributed by atoms with Gasteiger partial charge >= 0.3 is 11.9 Å². The Kier molecular flexibility index (Phi) is 19.7. The number of hydrogen-bond donors (Lipinski definition) is 6. The average molecular weight is 1230 g/mol. The zero-order valence-corrected chi connectivity index (χ0v) is 51.7. The highest BCUT2D eigenvalue weighted by molar-refractivity contribution is 5.89. The van der Waals surface area contributed by atoms with Crippen molar-refractivity contribution in [3.05, 3.63) is 84.2 Å². The van der Waals surface area contributed by atoms with Crippen LogP contribution in [0.3, 0.4) is 0 Å². The van der Waals surface area contributed by atoms with Gasteiger partial charge in [0.2, 0.25) is 0 Å². The van der Waals surface area contributed by atoms with Crippen molar-refractivity contribution >= 4 is 18.0 Å². The number of aromatic nitrogens is 1. The quantitative estimate of drug-likeness (QED) is 0.0691. The van der Waals surface area contributed by atoms with Gasteiger partial charge in [0.1, 0.15) is 65.6 Å². The lowest BCUT2D eigenvalue weighted by Gasteiger charge is -2.68. The maximum Gasteiger partial charge on any atom is 0.340 e. The van der Waals surface area contributed by atoms with Gasteiger partial charge < -0.3 is 97.0 Å². The van der Waals surface area contributed by atoms with Crippen molar-refractivity contribution in [1.29, 1.82) is 0 Å². The number of hydrogen-bond acceptors (Lipinski definition) is 23. The molecule has 87 heavy (non-hydrogen) atoms. The Hall–Kier alpha value is -3.93. The van der Waals surface area contributed by atoms with Gasteiger partial charge in [0.25, 0.3) is 0 Å². The first kappa shape index (κ1) is 66.0. The summed E-state index contributed by atoms with van der Waals surface area (Å²) in [6.07, 6.45) is -5.31. The Morgan fingerprint density at radius 2 is 1.25 bits per heavy atom. The molecule has 10 rings (SSSR count). The van der Waals surface area contributed by atoms with Gasteiger partial charge in [0.05, 0.1) is 65.4 Å². The lowest BCUT2D eigenvalue weighted by atomic mass is 9.41. The normalized spacial score (nSPS) is 46.7. The van der Waals surface area contributed by atoms with Gasteiger partial charge in [-0.1, -0.05) is 56.3 Å². The molecule has 27 unspecified atom stereocenters. The minimum absolute atomic E-state index is 0.0871. The van der Waals surface area contributed by atoms with Crippen molar-refractivity contribution < 1.29 is 107 Å². The molecule has 7 fully saturated rings. The second-order valence-corrected chi connectivity index (χ2v) is 25.8. The molecule has 6 N–H and O–H groups in total. The highest BCUT2D eigenvalue weighted by atomic mass is 16.8. The summed E-state index contributed by atoms with van der Waals surface area (Å²) in [5.41, 5.74) is -10.0. The van der Waals surface area contributed by atoms with Crippen molar-refractivity contribution in [2.75, 3.05) is 28.4 Å². The van der Waals surface area contributed by atoms with Crippen LogP contribution in [0.4, 0.5) is 0 Å². The van der Waals surface area contributed by atoms with E-state index >= 15 is 0 Å². The summed E-state index contributed by atoms with van der Waals surface area (Å²) in [5, 5.41) is 74.2. The summed E-state index contributed by atoms with van der Waals surface area (Å²) in [6.45, 7) is 12.2. The molecule has 27 atom stereocenters. The lowest BCUT2D eigenvalue weighted by molar-refractivity contribution is -0.356. The van der Waals surface area contributed by atoms with E-state index in [4.69, 9.17) is 66.3 Å². The Morgan fingerprint density at radius 3 is 1.82 bits per heavy atom. The first-order valence-corrected chi connectivity index (χ1v) is 30.7. The number of aliphatic hydroxyl groups is 6. The molecule has 0 radical (unpaired) electrons. The topological polar surface area (TPSA) is 298 Å². The second-order valence-electron chi connectivity index (χ2n) is 25.8. The van der Waals surface area contributed by atoms with E-state index in [9.17, 15) is 40.2 Å². The van der Waals surface area contributed by atoms with Crippen LogP contribution in [0.25, 0.3) is 6.08 Å². The van der Waals surface area contributed by atoms with Crippen LogP contribution in [0.2, 0.25) is 0 Å². The molecular formula is C64H91NO22. The van der Waals surface area contributed by atoms with Crippen LogP contribution < -0.4 is 0 Å². The van der Waals surface area contributed by atoms with E-state index in [1.54, 1.807) is 53.4 Å². The van der Waals surface area contributed by atoms with Crippen LogP contribution in [0.5, 0.6) is 0 Å². The summed E-state index contributed by atoms with van der Waals surface area (Å²) >= 11 is 0. The lowest BCUT2D eigenvalue weighted by Crippen LogP contribution is -2.80. The largest absolute Gasteiger partial charge is 0.458 e. The van der Waals surface area contributed by atoms with E-state index < -0.39 is 174 Å². The number of pyridine rings is 1. The molecule has 4 saturated heterocycles. The zero-order valence-electron chi connectivity index (χ0n) is 51.7. The smallest absolute Gasteiger partial charge is 0.340 e. The van der Waals surface area contributed by atoms with Gasteiger partial charge in [-0.05, 0) is 90.5 Å². The predicted molar refractivity (Wildman–Crippen MR) is 307 cm³/mol. The van der Waals surface area contributed by atoms with Crippen LogP contribution in [-0.4, -0.2) is 221 Å². The molecule has 0 bridgehead atoms. The molecule has 0 amide bonds.